The highest BCUT2D eigenvalue weighted by molar-refractivity contribution is 7.87. The smallest absolute Gasteiger partial charge is 0.306 e. The molecule has 1 aliphatic heterocycles. The minimum atomic E-state index is -3.61. The minimum Gasteiger partial charge on any atom is -0.469 e. The number of nitrogens with one attached hydrogen (secondary N) is 2. The van der Waals surface area contributed by atoms with Crippen LogP contribution in [0.1, 0.15) is 42.7 Å². The first-order chi connectivity index (χ1) is 15.0. The molecule has 0 saturated heterocycles. The van der Waals surface area contributed by atoms with Crippen LogP contribution in [-0.4, -0.2) is 50.4 Å². The summed E-state index contributed by atoms with van der Waals surface area (Å²) in [5.74, 6) is 0.475. The van der Waals surface area contributed by atoms with Gasteiger partial charge in [0.05, 0.1) is 13.5 Å². The summed E-state index contributed by atoms with van der Waals surface area (Å²) < 4.78 is 34.8. The summed E-state index contributed by atoms with van der Waals surface area (Å²) in [5.41, 5.74) is 1.95. The van der Waals surface area contributed by atoms with Crippen molar-refractivity contribution in [3.8, 4) is 0 Å². The van der Waals surface area contributed by atoms with Crippen LogP contribution in [0.5, 0.6) is 0 Å². The molecule has 168 valence electrons. The molecule has 0 fully saturated rings. The fraction of sp³-hybridized carbons (Fsp3) is 0.455. The molecule has 2 heterocycles. The van der Waals surface area contributed by atoms with Crippen molar-refractivity contribution in [3.05, 3.63) is 59.8 Å². The Hall–Kier alpha value is -2.49. The van der Waals surface area contributed by atoms with E-state index in [9.17, 15) is 13.2 Å². The maximum absolute atomic E-state index is 12.9. The number of anilines is 1. The molecule has 9 heteroatoms. The third kappa shape index (κ3) is 6.75. The van der Waals surface area contributed by atoms with E-state index in [1.165, 1.54) is 11.4 Å². The molecule has 3 rings (SSSR count). The Balaban J connectivity index is 1.52. The van der Waals surface area contributed by atoms with E-state index in [0.717, 1.165) is 29.9 Å². The van der Waals surface area contributed by atoms with Gasteiger partial charge in [0.25, 0.3) is 10.2 Å². The van der Waals surface area contributed by atoms with Gasteiger partial charge in [0.2, 0.25) is 0 Å². The molecular weight excluding hydrogens is 416 g/mol. The summed E-state index contributed by atoms with van der Waals surface area (Å²) in [7, 11) is -2.24. The highest BCUT2D eigenvalue weighted by Gasteiger charge is 2.29. The zero-order chi connectivity index (χ0) is 22.1. The second-order valence-electron chi connectivity index (χ2n) is 7.55. The highest BCUT2D eigenvalue weighted by atomic mass is 32.2. The molecular formula is C22H30N4O4S. The lowest BCUT2D eigenvalue weighted by atomic mass is 9.90. The first kappa shape index (κ1) is 23.2. The van der Waals surface area contributed by atoms with Crippen molar-refractivity contribution < 1.29 is 17.9 Å². The van der Waals surface area contributed by atoms with E-state index in [2.05, 4.69) is 15.0 Å². The van der Waals surface area contributed by atoms with Crippen molar-refractivity contribution in [2.24, 2.45) is 0 Å². The summed E-state index contributed by atoms with van der Waals surface area (Å²) in [6, 6.07) is 13.4. The number of pyridine rings is 1. The van der Waals surface area contributed by atoms with Crippen LogP contribution in [0.25, 0.3) is 0 Å². The Labute approximate surface area is 184 Å². The standard InChI is InChI=1S/C22H30N4O4S/c1-30-22(27)16-18-11-15-26(17-19-8-2-3-9-20(18)19)31(28,29)25-14-7-6-13-24-21-10-4-5-12-23-21/h2-5,8-10,12,18,25H,6-7,11,13-17H2,1H3,(H,23,24). The van der Waals surface area contributed by atoms with Crippen LogP contribution >= 0.6 is 0 Å². The second-order valence-corrected chi connectivity index (χ2v) is 9.30. The quantitative estimate of drug-likeness (QED) is 0.430. The number of fused-ring (bicyclic) bond motifs is 1. The lowest BCUT2D eigenvalue weighted by Gasteiger charge is -2.21. The van der Waals surface area contributed by atoms with Gasteiger partial charge in [0.1, 0.15) is 5.82 Å². The first-order valence-corrected chi connectivity index (χ1v) is 12.0. The summed E-state index contributed by atoms with van der Waals surface area (Å²) in [6.07, 6.45) is 4.09. The van der Waals surface area contributed by atoms with Crippen LogP contribution in [-0.2, 0) is 26.3 Å². The number of carbonyl (C=O) groups excluding carboxylic acids is 1. The van der Waals surface area contributed by atoms with Gasteiger partial charge in [-0.25, -0.2) is 9.71 Å². The van der Waals surface area contributed by atoms with Crippen molar-refractivity contribution in [2.45, 2.75) is 38.1 Å². The van der Waals surface area contributed by atoms with Crippen molar-refractivity contribution in [2.75, 3.05) is 32.1 Å². The number of benzene rings is 1. The molecule has 0 radical (unpaired) electrons. The molecule has 2 N–H and O–H groups in total. The van der Waals surface area contributed by atoms with Gasteiger partial charge in [-0.1, -0.05) is 30.3 Å². The van der Waals surface area contributed by atoms with Crippen molar-refractivity contribution in [3.63, 3.8) is 0 Å². The number of nitrogens with zero attached hydrogens (tertiary/aromatic N) is 2. The molecule has 1 aromatic carbocycles. The van der Waals surface area contributed by atoms with E-state index >= 15 is 0 Å². The molecule has 0 aliphatic carbocycles. The number of esters is 1. The van der Waals surface area contributed by atoms with E-state index in [1.807, 2.05) is 42.5 Å². The number of ether oxygens (including phenoxy) is 1. The van der Waals surface area contributed by atoms with Crippen LogP contribution < -0.4 is 10.0 Å². The van der Waals surface area contributed by atoms with E-state index in [-0.39, 0.29) is 18.3 Å². The SMILES string of the molecule is COC(=O)CC1CCN(S(=O)(=O)NCCCCNc2ccccn2)Cc2ccccc21. The monoisotopic (exact) mass is 446 g/mol. The molecule has 8 nitrogen and oxygen atoms in total. The molecule has 2 aromatic rings. The number of aromatic nitrogens is 1. The molecule has 0 bridgehead atoms. The molecule has 0 saturated carbocycles. The van der Waals surface area contributed by atoms with Gasteiger partial charge in [0.15, 0.2) is 0 Å². The number of carbonyl (C=O) groups is 1. The zero-order valence-electron chi connectivity index (χ0n) is 17.8. The predicted octanol–water partition coefficient (Wildman–Crippen LogP) is 2.66. The van der Waals surface area contributed by atoms with Crippen LogP contribution in [0.3, 0.4) is 0 Å². The number of hydrogen-bond acceptors (Lipinski definition) is 6. The number of methoxy groups -OCH3 is 1. The topological polar surface area (TPSA) is 101 Å². The molecule has 0 spiro atoms. The maximum atomic E-state index is 12.9. The number of rotatable bonds is 10. The molecule has 1 atom stereocenters. The Morgan fingerprint density at radius 1 is 1.16 bits per heavy atom. The van der Waals surface area contributed by atoms with Gasteiger partial charge in [0, 0.05) is 32.4 Å². The average molecular weight is 447 g/mol. The Kier molecular flexibility index (Phi) is 8.39. The van der Waals surface area contributed by atoms with Crippen molar-refractivity contribution in [1.29, 1.82) is 0 Å². The lowest BCUT2D eigenvalue weighted by Crippen LogP contribution is -2.41. The maximum Gasteiger partial charge on any atom is 0.306 e. The van der Waals surface area contributed by atoms with Gasteiger partial charge >= 0.3 is 5.97 Å². The molecule has 1 aromatic heterocycles. The normalized spacial score (nSPS) is 16.9. The van der Waals surface area contributed by atoms with Gasteiger partial charge < -0.3 is 10.1 Å². The van der Waals surface area contributed by atoms with Crippen LogP contribution in [0, 0.1) is 0 Å². The third-order valence-electron chi connectivity index (χ3n) is 5.41. The molecule has 31 heavy (non-hydrogen) atoms. The van der Waals surface area contributed by atoms with Crippen LogP contribution in [0.15, 0.2) is 48.7 Å². The first-order valence-electron chi connectivity index (χ1n) is 10.5. The minimum absolute atomic E-state index is 0.0541. The van der Waals surface area contributed by atoms with Crippen LogP contribution in [0.4, 0.5) is 5.82 Å². The summed E-state index contributed by atoms with van der Waals surface area (Å²) in [4.78, 5) is 16.0. The highest BCUT2D eigenvalue weighted by Crippen LogP contribution is 2.32. The summed E-state index contributed by atoms with van der Waals surface area (Å²) in [6.45, 7) is 1.75. The summed E-state index contributed by atoms with van der Waals surface area (Å²) >= 11 is 0. The van der Waals surface area contributed by atoms with Gasteiger partial charge in [-0.05, 0) is 48.4 Å². The van der Waals surface area contributed by atoms with Gasteiger partial charge in [-0.3, -0.25) is 4.79 Å². The summed E-state index contributed by atoms with van der Waals surface area (Å²) in [5, 5.41) is 3.21. The van der Waals surface area contributed by atoms with E-state index < -0.39 is 10.2 Å². The lowest BCUT2D eigenvalue weighted by molar-refractivity contribution is -0.141. The third-order valence-corrected chi connectivity index (χ3v) is 6.97. The van der Waals surface area contributed by atoms with E-state index in [4.69, 9.17) is 4.74 Å². The van der Waals surface area contributed by atoms with Crippen LogP contribution in [0.2, 0.25) is 0 Å². The fourth-order valence-corrected chi connectivity index (χ4v) is 4.97. The second kappa shape index (κ2) is 11.2. The Morgan fingerprint density at radius 3 is 2.71 bits per heavy atom. The Morgan fingerprint density at radius 2 is 1.94 bits per heavy atom. The Bertz CT molecular complexity index is 953. The molecule has 1 unspecified atom stereocenters. The van der Waals surface area contributed by atoms with Gasteiger partial charge in [-0.15, -0.1) is 0 Å². The van der Waals surface area contributed by atoms with Crippen molar-refractivity contribution in [1.82, 2.24) is 14.0 Å². The molecule has 0 amide bonds. The zero-order valence-corrected chi connectivity index (χ0v) is 18.6. The fourth-order valence-electron chi connectivity index (χ4n) is 3.73. The van der Waals surface area contributed by atoms with Gasteiger partial charge in [-0.2, -0.15) is 12.7 Å². The largest absolute Gasteiger partial charge is 0.469 e. The number of hydrogen-bond donors (Lipinski definition) is 2. The predicted molar refractivity (Wildman–Crippen MR) is 120 cm³/mol. The van der Waals surface area contributed by atoms with E-state index in [0.29, 0.717) is 32.5 Å². The molecule has 1 aliphatic rings. The van der Waals surface area contributed by atoms with E-state index in [1.54, 1.807) is 6.20 Å². The average Bonchev–Trinajstić information content (AvgIpc) is 2.97. The number of unbranched alkanes of at least 4 members (excludes halogenated alkanes) is 1. The van der Waals surface area contributed by atoms with Crippen molar-refractivity contribution >= 4 is 22.0 Å².